The molecular weight excluding hydrogens is 445 g/mol. The van der Waals surface area contributed by atoms with Crippen LogP contribution < -0.4 is 16.0 Å². The summed E-state index contributed by atoms with van der Waals surface area (Å²) in [6.07, 6.45) is 4.00. The summed E-state index contributed by atoms with van der Waals surface area (Å²) < 4.78 is 15.2. The van der Waals surface area contributed by atoms with E-state index in [1.165, 1.54) is 28.6 Å². The van der Waals surface area contributed by atoms with Crippen molar-refractivity contribution in [1.29, 1.82) is 0 Å². The van der Waals surface area contributed by atoms with E-state index in [2.05, 4.69) is 62.9 Å². The van der Waals surface area contributed by atoms with Crippen LogP contribution in [0.15, 0.2) is 54.7 Å². The van der Waals surface area contributed by atoms with Crippen molar-refractivity contribution < 1.29 is 14.0 Å². The zero-order valence-corrected chi connectivity index (χ0v) is 20.0. The Morgan fingerprint density at radius 1 is 1.14 bits per heavy atom. The maximum absolute atomic E-state index is 13.0. The molecule has 3 unspecified atom stereocenters. The number of aryl methyl sites for hydroxylation is 1. The number of carbonyl (C=O) groups excluding carboxylic acids is 2. The molecule has 1 aromatic heterocycles. The van der Waals surface area contributed by atoms with Crippen LogP contribution in [0.1, 0.15) is 30.4 Å². The number of halogens is 1. The van der Waals surface area contributed by atoms with Crippen LogP contribution in [-0.2, 0) is 29.7 Å². The molecule has 5 rings (SSSR count). The number of hydrogen-bond donors (Lipinski definition) is 3. The van der Waals surface area contributed by atoms with Gasteiger partial charge in [-0.1, -0.05) is 30.3 Å². The summed E-state index contributed by atoms with van der Waals surface area (Å²) in [7, 11) is 2.06. The van der Waals surface area contributed by atoms with Gasteiger partial charge in [-0.25, -0.2) is 4.39 Å². The minimum atomic E-state index is -0.287. The number of rotatable bonds is 8. The average Bonchev–Trinajstić information content (AvgIpc) is 3.44. The summed E-state index contributed by atoms with van der Waals surface area (Å²) >= 11 is 0. The highest BCUT2D eigenvalue weighted by Gasteiger charge is 2.43. The van der Waals surface area contributed by atoms with Crippen LogP contribution in [0.2, 0.25) is 0 Å². The van der Waals surface area contributed by atoms with Gasteiger partial charge in [0.05, 0.1) is 6.04 Å². The molecule has 2 aromatic carbocycles. The van der Waals surface area contributed by atoms with Gasteiger partial charge in [-0.2, -0.15) is 0 Å². The van der Waals surface area contributed by atoms with E-state index in [1.54, 1.807) is 12.1 Å². The van der Waals surface area contributed by atoms with E-state index in [1.807, 2.05) is 0 Å². The van der Waals surface area contributed by atoms with Gasteiger partial charge in [-0.3, -0.25) is 14.5 Å². The second-order valence-electron chi connectivity index (χ2n) is 9.65. The molecular formula is C27H32FN5O2. The molecule has 3 heterocycles. The highest BCUT2D eigenvalue weighted by molar-refractivity contribution is 5.84. The Balaban J connectivity index is 1.14. The van der Waals surface area contributed by atoms with Crippen LogP contribution in [0.4, 0.5) is 4.39 Å². The summed E-state index contributed by atoms with van der Waals surface area (Å²) in [6.45, 7) is 2.50. The number of hydrogen-bond acceptors (Lipinski definition) is 4. The minimum absolute atomic E-state index is 0.0346. The van der Waals surface area contributed by atoms with Gasteiger partial charge in [0.2, 0.25) is 11.8 Å². The van der Waals surface area contributed by atoms with Gasteiger partial charge in [-0.15, -0.1) is 0 Å². The molecule has 3 atom stereocenters. The molecule has 0 saturated carbocycles. The number of amides is 2. The molecule has 184 valence electrons. The van der Waals surface area contributed by atoms with Gasteiger partial charge in [-0.05, 0) is 42.2 Å². The second kappa shape index (κ2) is 10.2. The lowest BCUT2D eigenvalue weighted by Crippen LogP contribution is -2.58. The van der Waals surface area contributed by atoms with E-state index in [4.69, 9.17) is 0 Å². The van der Waals surface area contributed by atoms with E-state index >= 15 is 0 Å². The number of carbonyl (C=O) groups is 2. The van der Waals surface area contributed by atoms with E-state index in [9.17, 15) is 14.0 Å². The number of piperazine rings is 1. The molecule has 0 bridgehead atoms. The molecule has 2 amide bonds. The molecule has 35 heavy (non-hydrogen) atoms. The third-order valence-corrected chi connectivity index (χ3v) is 7.29. The van der Waals surface area contributed by atoms with Gasteiger partial charge in [0.15, 0.2) is 0 Å². The summed E-state index contributed by atoms with van der Waals surface area (Å²) in [5.74, 6) is -0.242. The van der Waals surface area contributed by atoms with Crippen molar-refractivity contribution in [1.82, 2.24) is 25.4 Å². The van der Waals surface area contributed by atoms with Gasteiger partial charge < -0.3 is 20.5 Å². The first-order valence-electron chi connectivity index (χ1n) is 12.3. The quantitative estimate of drug-likeness (QED) is 0.466. The number of nitrogens with one attached hydrogen (secondary N) is 3. The molecule has 2 saturated heterocycles. The SMILES string of the molecule is Cn1cc(CNC2CC3C(=O)NCC(CCC(=O)NCc4ccc(F)cc4)N3C2)c2ccccc21. The Kier molecular flexibility index (Phi) is 6.83. The summed E-state index contributed by atoms with van der Waals surface area (Å²) in [4.78, 5) is 27.2. The Bertz CT molecular complexity index is 1210. The van der Waals surface area contributed by atoms with Crippen molar-refractivity contribution in [2.45, 2.75) is 50.5 Å². The van der Waals surface area contributed by atoms with Crippen molar-refractivity contribution in [2.24, 2.45) is 7.05 Å². The first kappa shape index (κ1) is 23.5. The van der Waals surface area contributed by atoms with Crippen molar-refractivity contribution >= 4 is 22.7 Å². The summed E-state index contributed by atoms with van der Waals surface area (Å²) in [5.41, 5.74) is 3.33. The lowest BCUT2D eigenvalue weighted by Gasteiger charge is -2.37. The first-order valence-corrected chi connectivity index (χ1v) is 12.3. The number of para-hydroxylation sites is 1. The normalized spacial score (nSPS) is 22.2. The lowest BCUT2D eigenvalue weighted by atomic mass is 10.0. The van der Waals surface area contributed by atoms with E-state index in [0.29, 0.717) is 25.9 Å². The predicted molar refractivity (Wildman–Crippen MR) is 133 cm³/mol. The molecule has 0 aliphatic carbocycles. The number of aromatic nitrogens is 1. The highest BCUT2D eigenvalue weighted by Crippen LogP contribution is 2.27. The predicted octanol–water partition coefficient (Wildman–Crippen LogP) is 2.44. The van der Waals surface area contributed by atoms with Crippen LogP contribution >= 0.6 is 0 Å². The fourth-order valence-electron chi connectivity index (χ4n) is 5.40. The van der Waals surface area contributed by atoms with Crippen molar-refractivity contribution in [3.63, 3.8) is 0 Å². The molecule has 0 spiro atoms. The maximum atomic E-state index is 13.0. The molecule has 2 aliphatic heterocycles. The van der Waals surface area contributed by atoms with Crippen molar-refractivity contribution in [3.05, 3.63) is 71.7 Å². The second-order valence-corrected chi connectivity index (χ2v) is 9.65. The van der Waals surface area contributed by atoms with Gasteiger partial charge in [0.1, 0.15) is 5.82 Å². The van der Waals surface area contributed by atoms with E-state index in [0.717, 1.165) is 25.1 Å². The van der Waals surface area contributed by atoms with Gasteiger partial charge in [0.25, 0.3) is 0 Å². The third-order valence-electron chi connectivity index (χ3n) is 7.29. The van der Waals surface area contributed by atoms with Crippen LogP contribution in [0, 0.1) is 5.82 Å². The largest absolute Gasteiger partial charge is 0.353 e. The summed E-state index contributed by atoms with van der Waals surface area (Å²) in [5, 5.41) is 10.9. The zero-order valence-electron chi connectivity index (χ0n) is 20.0. The lowest BCUT2D eigenvalue weighted by molar-refractivity contribution is -0.129. The zero-order chi connectivity index (χ0) is 24.4. The fourth-order valence-corrected chi connectivity index (χ4v) is 5.40. The van der Waals surface area contributed by atoms with Gasteiger partial charge >= 0.3 is 0 Å². The smallest absolute Gasteiger partial charge is 0.237 e. The first-order chi connectivity index (χ1) is 17.0. The molecule has 8 heteroatoms. The highest BCUT2D eigenvalue weighted by atomic mass is 19.1. The standard InChI is InChI=1S/C27H32FN5O2/c1-32-16-19(23-4-2-3-5-24(23)32)14-29-21-12-25-27(35)31-15-22(33(25)17-21)10-11-26(34)30-13-18-6-8-20(28)9-7-18/h2-9,16,21-22,25,29H,10-15,17H2,1H3,(H,30,34)(H,31,35). The molecule has 2 fully saturated rings. The maximum Gasteiger partial charge on any atom is 0.237 e. The van der Waals surface area contributed by atoms with Crippen molar-refractivity contribution in [2.75, 3.05) is 13.1 Å². The molecule has 3 aromatic rings. The Morgan fingerprint density at radius 2 is 1.94 bits per heavy atom. The minimum Gasteiger partial charge on any atom is -0.353 e. The van der Waals surface area contributed by atoms with Gasteiger partial charge in [0, 0.05) is 68.8 Å². The van der Waals surface area contributed by atoms with Crippen LogP contribution in [0.25, 0.3) is 10.9 Å². The number of nitrogens with zero attached hydrogens (tertiary/aromatic N) is 2. The Morgan fingerprint density at radius 3 is 2.77 bits per heavy atom. The molecule has 2 aliphatic rings. The fraction of sp³-hybridized carbons (Fsp3) is 0.407. The Labute approximate surface area is 204 Å². The van der Waals surface area contributed by atoms with Crippen LogP contribution in [-0.4, -0.2) is 52.5 Å². The molecule has 3 N–H and O–H groups in total. The number of benzene rings is 2. The average molecular weight is 478 g/mol. The van der Waals surface area contributed by atoms with E-state index in [-0.39, 0.29) is 35.8 Å². The molecule has 7 nitrogen and oxygen atoms in total. The topological polar surface area (TPSA) is 78.4 Å². The van der Waals surface area contributed by atoms with Crippen molar-refractivity contribution in [3.8, 4) is 0 Å². The Hall–Kier alpha value is -3.23. The number of fused-ring (bicyclic) bond motifs is 2. The third kappa shape index (κ3) is 5.23. The molecule has 0 radical (unpaired) electrons. The monoisotopic (exact) mass is 477 g/mol. The van der Waals surface area contributed by atoms with Crippen LogP contribution in [0.3, 0.4) is 0 Å². The summed E-state index contributed by atoms with van der Waals surface area (Å²) in [6, 6.07) is 14.7. The van der Waals surface area contributed by atoms with E-state index < -0.39 is 0 Å². The van der Waals surface area contributed by atoms with Crippen LogP contribution in [0.5, 0.6) is 0 Å².